The van der Waals surface area contributed by atoms with Gasteiger partial charge in [-0.2, -0.15) is 0 Å². The maximum absolute atomic E-state index is 3.74. The van der Waals surface area contributed by atoms with Crippen LogP contribution in [0.1, 0.15) is 66.2 Å². The summed E-state index contributed by atoms with van der Waals surface area (Å²) in [6, 6.07) is 2.26. The van der Waals surface area contributed by atoms with Gasteiger partial charge in [0.2, 0.25) is 0 Å². The summed E-state index contributed by atoms with van der Waals surface area (Å²) in [6.07, 6.45) is 7.93. The fourth-order valence-corrected chi connectivity index (χ4v) is 3.15. The van der Waals surface area contributed by atoms with Crippen LogP contribution in [0.5, 0.6) is 0 Å². The lowest BCUT2D eigenvalue weighted by atomic mass is 9.98. The lowest BCUT2D eigenvalue weighted by Gasteiger charge is -2.44. The van der Waals surface area contributed by atoms with Gasteiger partial charge in [-0.05, 0) is 26.2 Å². The maximum Gasteiger partial charge on any atom is 0.0224 e. The van der Waals surface area contributed by atoms with E-state index in [4.69, 9.17) is 0 Å². The zero-order chi connectivity index (χ0) is 12.7. The molecule has 0 spiro atoms. The van der Waals surface area contributed by atoms with E-state index in [1.54, 1.807) is 0 Å². The first-order chi connectivity index (χ1) is 8.22. The number of nitrogens with one attached hydrogen (secondary N) is 1. The fraction of sp³-hybridized carbons (Fsp3) is 1.00. The molecule has 1 heterocycles. The van der Waals surface area contributed by atoms with Crippen LogP contribution in [0.3, 0.4) is 0 Å². The molecular formula is C15H32N2. The zero-order valence-electron chi connectivity index (χ0n) is 12.3. The molecule has 0 radical (unpaired) electrons. The number of piperazine rings is 1. The van der Waals surface area contributed by atoms with Gasteiger partial charge in [-0.1, -0.05) is 40.0 Å². The van der Waals surface area contributed by atoms with E-state index in [1.807, 2.05) is 0 Å². The summed E-state index contributed by atoms with van der Waals surface area (Å²) in [5, 5.41) is 3.74. The van der Waals surface area contributed by atoms with E-state index < -0.39 is 0 Å². The molecule has 0 aromatic rings. The van der Waals surface area contributed by atoms with Crippen molar-refractivity contribution in [2.75, 3.05) is 13.1 Å². The molecule has 0 aromatic heterocycles. The highest BCUT2D eigenvalue weighted by molar-refractivity contribution is 4.88. The van der Waals surface area contributed by atoms with Gasteiger partial charge in [-0.25, -0.2) is 0 Å². The third-order valence-electron chi connectivity index (χ3n) is 4.07. The minimum absolute atomic E-state index is 0.729. The number of hydrogen-bond donors (Lipinski definition) is 1. The van der Waals surface area contributed by atoms with E-state index in [0.29, 0.717) is 0 Å². The Kier molecular flexibility index (Phi) is 7.14. The highest BCUT2D eigenvalue weighted by atomic mass is 15.2. The van der Waals surface area contributed by atoms with E-state index in [1.165, 1.54) is 51.6 Å². The molecule has 3 unspecified atom stereocenters. The van der Waals surface area contributed by atoms with Crippen LogP contribution in [0.4, 0.5) is 0 Å². The Bertz CT molecular complexity index is 193. The smallest absolute Gasteiger partial charge is 0.0224 e. The molecule has 0 aliphatic carbocycles. The zero-order valence-corrected chi connectivity index (χ0v) is 12.3. The standard InChI is InChI=1S/C15H32N2/c1-5-8-13(4)17-12-14(9-6-2)16-11-15(17)10-7-3/h13-16H,5-12H2,1-4H3. The largest absolute Gasteiger partial charge is 0.311 e. The normalized spacial score (nSPS) is 28.2. The molecule has 17 heavy (non-hydrogen) atoms. The van der Waals surface area contributed by atoms with Crippen LogP contribution < -0.4 is 5.32 Å². The first-order valence-corrected chi connectivity index (χ1v) is 7.71. The molecule has 1 saturated heterocycles. The molecule has 1 N–H and O–H groups in total. The molecule has 1 aliphatic rings. The molecule has 2 heteroatoms. The molecule has 1 rings (SSSR count). The van der Waals surface area contributed by atoms with Gasteiger partial charge in [0.15, 0.2) is 0 Å². The Morgan fingerprint density at radius 2 is 1.82 bits per heavy atom. The first-order valence-electron chi connectivity index (χ1n) is 7.71. The van der Waals surface area contributed by atoms with Crippen molar-refractivity contribution in [3.8, 4) is 0 Å². The van der Waals surface area contributed by atoms with E-state index >= 15 is 0 Å². The van der Waals surface area contributed by atoms with Crippen LogP contribution in [0.15, 0.2) is 0 Å². The number of hydrogen-bond acceptors (Lipinski definition) is 2. The van der Waals surface area contributed by atoms with Gasteiger partial charge in [-0.3, -0.25) is 4.90 Å². The monoisotopic (exact) mass is 240 g/mol. The summed E-state index contributed by atoms with van der Waals surface area (Å²) in [5.41, 5.74) is 0. The maximum atomic E-state index is 3.74. The van der Waals surface area contributed by atoms with Crippen molar-refractivity contribution in [2.45, 2.75) is 84.3 Å². The minimum atomic E-state index is 0.729. The summed E-state index contributed by atoms with van der Waals surface area (Å²) >= 11 is 0. The Labute approximate surface area is 108 Å². The average molecular weight is 240 g/mol. The summed E-state index contributed by atoms with van der Waals surface area (Å²) in [4.78, 5) is 2.78. The van der Waals surface area contributed by atoms with E-state index in [9.17, 15) is 0 Å². The van der Waals surface area contributed by atoms with Gasteiger partial charge < -0.3 is 5.32 Å². The fourth-order valence-electron chi connectivity index (χ4n) is 3.15. The quantitative estimate of drug-likeness (QED) is 0.733. The van der Waals surface area contributed by atoms with Gasteiger partial charge in [-0.15, -0.1) is 0 Å². The number of nitrogens with zero attached hydrogens (tertiary/aromatic N) is 1. The molecule has 0 saturated carbocycles. The highest BCUT2D eigenvalue weighted by Gasteiger charge is 2.29. The molecule has 3 atom stereocenters. The third kappa shape index (κ3) is 4.59. The molecule has 1 aliphatic heterocycles. The van der Waals surface area contributed by atoms with Crippen LogP contribution in [-0.4, -0.2) is 36.1 Å². The molecule has 102 valence electrons. The molecule has 0 bridgehead atoms. The van der Waals surface area contributed by atoms with Crippen LogP contribution in [0.25, 0.3) is 0 Å². The Balaban J connectivity index is 2.55. The van der Waals surface area contributed by atoms with Crippen LogP contribution in [-0.2, 0) is 0 Å². The van der Waals surface area contributed by atoms with Crippen molar-refractivity contribution in [3.05, 3.63) is 0 Å². The molecular weight excluding hydrogens is 208 g/mol. The second-order valence-electron chi connectivity index (χ2n) is 5.67. The predicted molar refractivity (Wildman–Crippen MR) is 76.5 cm³/mol. The Morgan fingerprint density at radius 1 is 1.12 bits per heavy atom. The van der Waals surface area contributed by atoms with Crippen molar-refractivity contribution in [1.29, 1.82) is 0 Å². The van der Waals surface area contributed by atoms with Crippen molar-refractivity contribution in [3.63, 3.8) is 0 Å². The van der Waals surface area contributed by atoms with E-state index in [0.717, 1.165) is 18.1 Å². The van der Waals surface area contributed by atoms with Gasteiger partial charge in [0.05, 0.1) is 0 Å². The van der Waals surface area contributed by atoms with Crippen LogP contribution in [0.2, 0.25) is 0 Å². The van der Waals surface area contributed by atoms with Crippen LogP contribution in [0, 0.1) is 0 Å². The Morgan fingerprint density at radius 3 is 2.41 bits per heavy atom. The van der Waals surface area contributed by atoms with Crippen molar-refractivity contribution >= 4 is 0 Å². The highest BCUT2D eigenvalue weighted by Crippen LogP contribution is 2.19. The summed E-state index contributed by atoms with van der Waals surface area (Å²) in [7, 11) is 0. The van der Waals surface area contributed by atoms with Crippen LogP contribution >= 0.6 is 0 Å². The van der Waals surface area contributed by atoms with Gasteiger partial charge >= 0.3 is 0 Å². The Hall–Kier alpha value is -0.0800. The van der Waals surface area contributed by atoms with Crippen molar-refractivity contribution < 1.29 is 0 Å². The molecule has 0 amide bonds. The first kappa shape index (κ1) is 15.0. The predicted octanol–water partition coefficient (Wildman–Crippen LogP) is 3.42. The lowest BCUT2D eigenvalue weighted by molar-refractivity contribution is 0.0763. The third-order valence-corrected chi connectivity index (χ3v) is 4.07. The van der Waals surface area contributed by atoms with Gasteiger partial charge in [0.1, 0.15) is 0 Å². The molecule has 1 fully saturated rings. The van der Waals surface area contributed by atoms with E-state index in [2.05, 4.69) is 37.9 Å². The SMILES string of the molecule is CCCC1CN(C(C)CCC)C(CCC)CN1. The lowest BCUT2D eigenvalue weighted by Crippen LogP contribution is -2.58. The summed E-state index contributed by atoms with van der Waals surface area (Å²) < 4.78 is 0. The number of rotatable bonds is 7. The second kappa shape index (κ2) is 8.10. The molecule has 0 aromatic carbocycles. The second-order valence-corrected chi connectivity index (χ2v) is 5.67. The average Bonchev–Trinajstić information content (AvgIpc) is 2.32. The summed E-state index contributed by atoms with van der Waals surface area (Å²) in [6.45, 7) is 11.8. The minimum Gasteiger partial charge on any atom is -0.311 e. The summed E-state index contributed by atoms with van der Waals surface area (Å²) in [5.74, 6) is 0. The van der Waals surface area contributed by atoms with E-state index in [-0.39, 0.29) is 0 Å². The molecule has 2 nitrogen and oxygen atoms in total. The topological polar surface area (TPSA) is 15.3 Å². The van der Waals surface area contributed by atoms with Crippen molar-refractivity contribution in [1.82, 2.24) is 10.2 Å². The van der Waals surface area contributed by atoms with Gasteiger partial charge in [0.25, 0.3) is 0 Å². The van der Waals surface area contributed by atoms with Crippen molar-refractivity contribution in [2.24, 2.45) is 0 Å². The van der Waals surface area contributed by atoms with Gasteiger partial charge in [0, 0.05) is 31.2 Å².